The smallest absolute Gasteiger partial charge is 0.0661 e. The van der Waals surface area contributed by atoms with E-state index in [4.69, 9.17) is 4.74 Å². The molecule has 116 valence electrons. The quantitative estimate of drug-likeness (QED) is 0.809. The molecule has 0 amide bonds. The maximum absolute atomic E-state index is 5.94. The Balaban J connectivity index is 1.41. The molecule has 3 aliphatic rings. The van der Waals surface area contributed by atoms with Crippen LogP contribution in [0.4, 0.5) is 0 Å². The molecule has 3 rings (SSSR count). The van der Waals surface area contributed by atoms with Gasteiger partial charge < -0.3 is 15.0 Å². The van der Waals surface area contributed by atoms with Crippen LogP contribution in [0.3, 0.4) is 0 Å². The lowest BCUT2D eigenvalue weighted by atomic mass is 9.51. The SMILES string of the molecule is CCOC1CC(NCC2CCN(CC)CC2)C12CCC2. The van der Waals surface area contributed by atoms with Crippen molar-refractivity contribution in [2.45, 2.75) is 64.5 Å². The standard InChI is InChI=1S/C17H32N2O/c1-3-19-10-6-14(7-11-19)13-18-15-12-16(20-4-2)17(15)8-5-9-17/h14-16,18H,3-13H2,1-2H3. The topological polar surface area (TPSA) is 24.5 Å². The summed E-state index contributed by atoms with van der Waals surface area (Å²) in [5.41, 5.74) is 0.528. The lowest BCUT2D eigenvalue weighted by molar-refractivity contribution is -0.173. The van der Waals surface area contributed by atoms with Crippen molar-refractivity contribution < 1.29 is 4.74 Å². The molecule has 0 aromatic carbocycles. The highest BCUT2D eigenvalue weighted by molar-refractivity contribution is 5.12. The summed E-state index contributed by atoms with van der Waals surface area (Å²) in [5.74, 6) is 0.904. The van der Waals surface area contributed by atoms with Crippen LogP contribution in [0, 0.1) is 11.3 Å². The summed E-state index contributed by atoms with van der Waals surface area (Å²) < 4.78 is 5.94. The first-order valence-corrected chi connectivity index (χ1v) is 8.86. The van der Waals surface area contributed by atoms with Crippen molar-refractivity contribution in [2.75, 3.05) is 32.8 Å². The molecule has 0 bridgehead atoms. The minimum absolute atomic E-state index is 0.528. The largest absolute Gasteiger partial charge is 0.378 e. The van der Waals surface area contributed by atoms with Gasteiger partial charge in [-0.1, -0.05) is 13.3 Å². The van der Waals surface area contributed by atoms with E-state index >= 15 is 0 Å². The van der Waals surface area contributed by atoms with Crippen molar-refractivity contribution in [1.82, 2.24) is 10.2 Å². The van der Waals surface area contributed by atoms with Crippen LogP contribution >= 0.6 is 0 Å². The van der Waals surface area contributed by atoms with Gasteiger partial charge in [-0.3, -0.25) is 0 Å². The Labute approximate surface area is 124 Å². The zero-order valence-corrected chi connectivity index (χ0v) is 13.4. The van der Waals surface area contributed by atoms with Crippen LogP contribution in [-0.4, -0.2) is 49.8 Å². The van der Waals surface area contributed by atoms with Gasteiger partial charge in [-0.25, -0.2) is 0 Å². The van der Waals surface area contributed by atoms with Crippen molar-refractivity contribution in [3.8, 4) is 0 Å². The molecule has 2 unspecified atom stereocenters. The molecule has 0 aromatic heterocycles. The van der Waals surface area contributed by atoms with Gasteiger partial charge in [0.2, 0.25) is 0 Å². The number of hydrogen-bond acceptors (Lipinski definition) is 3. The molecule has 2 aliphatic carbocycles. The van der Waals surface area contributed by atoms with E-state index in [0.29, 0.717) is 11.5 Å². The number of nitrogens with zero attached hydrogens (tertiary/aromatic N) is 1. The van der Waals surface area contributed by atoms with E-state index in [0.717, 1.165) is 18.6 Å². The third-order valence-electron chi connectivity index (χ3n) is 6.24. The summed E-state index contributed by atoms with van der Waals surface area (Å²) in [6, 6.07) is 0.747. The first kappa shape index (κ1) is 14.8. The lowest BCUT2D eigenvalue weighted by Gasteiger charge is -2.61. The van der Waals surface area contributed by atoms with Crippen LogP contribution in [-0.2, 0) is 4.74 Å². The molecule has 3 fully saturated rings. The fourth-order valence-corrected chi connectivity index (χ4v) is 4.54. The van der Waals surface area contributed by atoms with Gasteiger partial charge in [-0.05, 0) is 71.1 Å². The van der Waals surface area contributed by atoms with Crippen LogP contribution in [0.2, 0.25) is 0 Å². The molecule has 1 N–H and O–H groups in total. The number of ether oxygens (including phenoxy) is 1. The van der Waals surface area contributed by atoms with Crippen LogP contribution in [0.1, 0.15) is 52.4 Å². The Hall–Kier alpha value is -0.120. The number of nitrogens with one attached hydrogen (secondary N) is 1. The maximum Gasteiger partial charge on any atom is 0.0661 e. The molecule has 0 radical (unpaired) electrons. The zero-order valence-electron chi connectivity index (χ0n) is 13.4. The van der Waals surface area contributed by atoms with Crippen molar-refractivity contribution in [1.29, 1.82) is 0 Å². The Kier molecular flexibility index (Phi) is 4.68. The summed E-state index contributed by atoms with van der Waals surface area (Å²) in [6.45, 7) is 10.4. The van der Waals surface area contributed by atoms with E-state index in [9.17, 15) is 0 Å². The highest BCUT2D eigenvalue weighted by Gasteiger charge is 2.58. The van der Waals surface area contributed by atoms with Gasteiger partial charge >= 0.3 is 0 Å². The van der Waals surface area contributed by atoms with Crippen molar-refractivity contribution >= 4 is 0 Å². The Morgan fingerprint density at radius 3 is 2.50 bits per heavy atom. The summed E-state index contributed by atoms with van der Waals surface area (Å²) in [6.07, 6.45) is 8.77. The van der Waals surface area contributed by atoms with Crippen LogP contribution < -0.4 is 5.32 Å². The van der Waals surface area contributed by atoms with E-state index in [1.807, 2.05) is 0 Å². The second-order valence-electron chi connectivity index (χ2n) is 7.10. The average molecular weight is 280 g/mol. The summed E-state index contributed by atoms with van der Waals surface area (Å²) in [4.78, 5) is 2.58. The molecular formula is C17H32N2O. The first-order valence-electron chi connectivity index (χ1n) is 8.86. The van der Waals surface area contributed by atoms with Gasteiger partial charge in [0.25, 0.3) is 0 Å². The summed E-state index contributed by atoms with van der Waals surface area (Å²) in [7, 11) is 0. The van der Waals surface area contributed by atoms with Gasteiger partial charge in [0, 0.05) is 18.1 Å². The van der Waals surface area contributed by atoms with E-state index in [-0.39, 0.29) is 0 Å². The fourth-order valence-electron chi connectivity index (χ4n) is 4.54. The van der Waals surface area contributed by atoms with E-state index in [1.165, 1.54) is 64.7 Å². The predicted octanol–water partition coefficient (Wildman–Crippen LogP) is 2.66. The number of piperidine rings is 1. The van der Waals surface area contributed by atoms with Crippen LogP contribution in [0.25, 0.3) is 0 Å². The normalized spacial score (nSPS) is 33.9. The highest BCUT2D eigenvalue weighted by atomic mass is 16.5. The van der Waals surface area contributed by atoms with Crippen molar-refractivity contribution in [2.24, 2.45) is 11.3 Å². The van der Waals surface area contributed by atoms with E-state index in [2.05, 4.69) is 24.1 Å². The molecule has 1 spiro atoms. The van der Waals surface area contributed by atoms with Gasteiger partial charge in [-0.15, -0.1) is 0 Å². The zero-order chi connectivity index (χ0) is 14.0. The molecule has 0 aromatic rings. The second-order valence-corrected chi connectivity index (χ2v) is 7.10. The third kappa shape index (κ3) is 2.65. The van der Waals surface area contributed by atoms with E-state index in [1.54, 1.807) is 0 Å². The van der Waals surface area contributed by atoms with Gasteiger partial charge in [0.05, 0.1) is 6.10 Å². The fraction of sp³-hybridized carbons (Fsp3) is 1.00. The maximum atomic E-state index is 5.94. The lowest BCUT2D eigenvalue weighted by Crippen LogP contribution is -2.67. The van der Waals surface area contributed by atoms with E-state index < -0.39 is 0 Å². The predicted molar refractivity (Wildman–Crippen MR) is 82.9 cm³/mol. The minimum atomic E-state index is 0.528. The molecule has 1 heterocycles. The number of rotatable bonds is 6. The molecule has 3 heteroatoms. The highest BCUT2D eigenvalue weighted by Crippen LogP contribution is 2.57. The minimum Gasteiger partial charge on any atom is -0.378 e. The Bertz CT molecular complexity index is 308. The average Bonchev–Trinajstić information content (AvgIpc) is 2.41. The van der Waals surface area contributed by atoms with Crippen molar-refractivity contribution in [3.63, 3.8) is 0 Å². The monoisotopic (exact) mass is 280 g/mol. The third-order valence-corrected chi connectivity index (χ3v) is 6.24. The van der Waals surface area contributed by atoms with Gasteiger partial charge in [0.15, 0.2) is 0 Å². The van der Waals surface area contributed by atoms with Crippen molar-refractivity contribution in [3.05, 3.63) is 0 Å². The number of hydrogen-bond donors (Lipinski definition) is 1. The van der Waals surface area contributed by atoms with Gasteiger partial charge in [-0.2, -0.15) is 0 Å². The molecule has 1 saturated heterocycles. The van der Waals surface area contributed by atoms with Gasteiger partial charge in [0.1, 0.15) is 0 Å². The first-order chi connectivity index (χ1) is 9.78. The molecule has 2 atom stereocenters. The molecule has 2 saturated carbocycles. The Morgan fingerprint density at radius 2 is 1.95 bits per heavy atom. The summed E-state index contributed by atoms with van der Waals surface area (Å²) >= 11 is 0. The molecular weight excluding hydrogens is 248 g/mol. The Morgan fingerprint density at radius 1 is 1.20 bits per heavy atom. The number of likely N-dealkylation sites (tertiary alicyclic amines) is 1. The molecule has 1 aliphatic heterocycles. The molecule has 3 nitrogen and oxygen atoms in total. The van der Waals surface area contributed by atoms with Crippen LogP contribution in [0.5, 0.6) is 0 Å². The molecule has 20 heavy (non-hydrogen) atoms. The van der Waals surface area contributed by atoms with Crippen LogP contribution in [0.15, 0.2) is 0 Å². The summed E-state index contributed by atoms with van der Waals surface area (Å²) in [5, 5.41) is 3.90. The second kappa shape index (κ2) is 6.33.